The molecule has 20 heavy (non-hydrogen) atoms. The minimum Gasteiger partial charge on any atom is -0.334 e. The van der Waals surface area contributed by atoms with Crippen molar-refractivity contribution in [2.24, 2.45) is 0 Å². The quantitative estimate of drug-likeness (QED) is 0.787. The molecule has 0 heterocycles. The highest BCUT2D eigenvalue weighted by Crippen LogP contribution is 2.23. The third kappa shape index (κ3) is 3.23. The van der Waals surface area contributed by atoms with E-state index in [4.69, 9.17) is 4.84 Å². The van der Waals surface area contributed by atoms with Crippen LogP contribution in [-0.4, -0.2) is 11.9 Å². The van der Waals surface area contributed by atoms with Crippen LogP contribution in [0.1, 0.15) is 13.8 Å². The number of hydrogen-bond acceptors (Lipinski definition) is 3. The first-order valence-electron chi connectivity index (χ1n) is 6.22. The Kier molecular flexibility index (Phi) is 4.15. The van der Waals surface area contributed by atoms with E-state index < -0.39 is 5.97 Å². The van der Waals surface area contributed by atoms with E-state index >= 15 is 0 Å². The molecule has 0 radical (unpaired) electrons. The van der Waals surface area contributed by atoms with Gasteiger partial charge >= 0.3 is 5.97 Å². The van der Waals surface area contributed by atoms with Gasteiger partial charge in [-0.25, -0.2) is 4.79 Å². The van der Waals surface area contributed by atoms with E-state index in [2.05, 4.69) is 0 Å². The molecule has 1 amide bonds. The Morgan fingerprint density at radius 1 is 0.850 bits per heavy atom. The third-order valence-electron chi connectivity index (χ3n) is 2.71. The molecule has 0 atom stereocenters. The summed E-state index contributed by atoms with van der Waals surface area (Å²) >= 11 is 0. The zero-order valence-electron chi connectivity index (χ0n) is 11.4. The van der Waals surface area contributed by atoms with E-state index in [1.807, 2.05) is 42.5 Å². The molecule has 4 nitrogen and oxygen atoms in total. The lowest BCUT2D eigenvalue weighted by Crippen LogP contribution is -2.30. The van der Waals surface area contributed by atoms with Gasteiger partial charge in [0.1, 0.15) is 0 Å². The van der Waals surface area contributed by atoms with Crippen molar-refractivity contribution in [3.63, 3.8) is 0 Å². The second-order valence-corrected chi connectivity index (χ2v) is 4.31. The Morgan fingerprint density at radius 3 is 1.90 bits per heavy atom. The summed E-state index contributed by atoms with van der Waals surface area (Å²) in [5, 5.41) is 0.983. The summed E-state index contributed by atoms with van der Waals surface area (Å²) in [5.74, 6) is -0.889. The van der Waals surface area contributed by atoms with E-state index in [-0.39, 0.29) is 5.91 Å². The minimum absolute atomic E-state index is 0.354. The van der Waals surface area contributed by atoms with E-state index in [0.29, 0.717) is 5.69 Å². The van der Waals surface area contributed by atoms with Crippen LogP contribution in [0.3, 0.4) is 0 Å². The second-order valence-electron chi connectivity index (χ2n) is 4.31. The molecule has 0 unspecified atom stereocenters. The Morgan fingerprint density at radius 2 is 1.40 bits per heavy atom. The summed E-state index contributed by atoms with van der Waals surface area (Å²) in [5.41, 5.74) is 2.63. The first-order valence-corrected chi connectivity index (χ1v) is 6.22. The average Bonchev–Trinajstić information content (AvgIpc) is 2.45. The molecular formula is C16H15NO3. The van der Waals surface area contributed by atoms with Crippen molar-refractivity contribution in [2.45, 2.75) is 13.8 Å². The molecule has 0 fully saturated rings. The van der Waals surface area contributed by atoms with Crippen LogP contribution in [-0.2, 0) is 14.4 Å². The zero-order valence-corrected chi connectivity index (χ0v) is 11.4. The fourth-order valence-electron chi connectivity index (χ4n) is 1.85. The van der Waals surface area contributed by atoms with Gasteiger partial charge in [-0.2, -0.15) is 0 Å². The highest BCUT2D eigenvalue weighted by Gasteiger charge is 2.15. The smallest absolute Gasteiger partial charge is 0.330 e. The SMILES string of the molecule is CC(=O)ON(C(C)=O)c1ccc(-c2ccccc2)cc1. The van der Waals surface area contributed by atoms with E-state index in [1.165, 1.54) is 13.8 Å². The van der Waals surface area contributed by atoms with Crippen LogP contribution in [0.2, 0.25) is 0 Å². The number of carbonyl (C=O) groups excluding carboxylic acids is 2. The Balaban J connectivity index is 2.27. The molecule has 0 saturated heterocycles. The van der Waals surface area contributed by atoms with Crippen molar-refractivity contribution < 1.29 is 14.4 Å². The lowest BCUT2D eigenvalue weighted by Gasteiger charge is -2.18. The van der Waals surface area contributed by atoms with Crippen molar-refractivity contribution in [3.8, 4) is 11.1 Å². The van der Waals surface area contributed by atoms with Gasteiger partial charge in [-0.3, -0.25) is 4.79 Å². The van der Waals surface area contributed by atoms with Crippen LogP contribution >= 0.6 is 0 Å². The number of benzene rings is 2. The predicted octanol–water partition coefficient (Wildman–Crippen LogP) is 3.18. The largest absolute Gasteiger partial charge is 0.334 e. The summed E-state index contributed by atoms with van der Waals surface area (Å²) in [6.45, 7) is 2.60. The number of hydroxylamine groups is 1. The molecule has 0 aromatic heterocycles. The molecule has 2 aromatic carbocycles. The standard InChI is InChI=1S/C16H15NO3/c1-12(18)17(20-13(2)19)16-10-8-15(9-11-16)14-6-4-3-5-7-14/h3-11H,1-2H3. The molecule has 102 valence electrons. The van der Waals surface area contributed by atoms with Crippen LogP contribution in [0.5, 0.6) is 0 Å². The van der Waals surface area contributed by atoms with Gasteiger partial charge < -0.3 is 4.84 Å². The first kappa shape index (κ1) is 13.8. The molecule has 0 N–H and O–H groups in total. The lowest BCUT2D eigenvalue weighted by atomic mass is 10.1. The van der Waals surface area contributed by atoms with Gasteiger partial charge in [0.15, 0.2) is 0 Å². The predicted molar refractivity (Wildman–Crippen MR) is 76.8 cm³/mol. The maximum absolute atomic E-state index is 11.5. The molecule has 0 bridgehead atoms. The molecule has 0 saturated carbocycles. The van der Waals surface area contributed by atoms with Crippen molar-refractivity contribution in [3.05, 3.63) is 54.6 Å². The normalized spacial score (nSPS) is 9.90. The van der Waals surface area contributed by atoms with Crippen molar-refractivity contribution >= 4 is 17.6 Å². The van der Waals surface area contributed by atoms with Gasteiger partial charge in [-0.1, -0.05) is 42.5 Å². The monoisotopic (exact) mass is 269 g/mol. The van der Waals surface area contributed by atoms with Crippen LogP contribution in [0.4, 0.5) is 5.69 Å². The molecule has 2 rings (SSSR count). The van der Waals surface area contributed by atoms with Crippen molar-refractivity contribution in [2.75, 3.05) is 5.06 Å². The highest BCUT2D eigenvalue weighted by atomic mass is 16.7. The molecular weight excluding hydrogens is 254 g/mol. The number of carbonyl (C=O) groups is 2. The van der Waals surface area contributed by atoms with Crippen molar-refractivity contribution in [1.82, 2.24) is 0 Å². The van der Waals surface area contributed by atoms with Gasteiger partial charge in [0.2, 0.25) is 0 Å². The highest BCUT2D eigenvalue weighted by molar-refractivity contribution is 5.91. The van der Waals surface area contributed by atoms with Crippen LogP contribution < -0.4 is 5.06 Å². The molecule has 0 aliphatic rings. The summed E-state index contributed by atoms with van der Waals surface area (Å²) < 4.78 is 0. The number of amides is 1. The third-order valence-corrected chi connectivity index (χ3v) is 2.71. The average molecular weight is 269 g/mol. The van der Waals surface area contributed by atoms with Gasteiger partial charge in [0.25, 0.3) is 5.91 Å². The molecule has 0 aliphatic carbocycles. The summed E-state index contributed by atoms with van der Waals surface area (Å²) in [4.78, 5) is 27.4. The Labute approximate surface area is 117 Å². The van der Waals surface area contributed by atoms with Crippen LogP contribution in [0, 0.1) is 0 Å². The van der Waals surface area contributed by atoms with Crippen LogP contribution in [0.15, 0.2) is 54.6 Å². The topological polar surface area (TPSA) is 46.6 Å². The molecule has 4 heteroatoms. The number of anilines is 1. The summed E-state index contributed by atoms with van der Waals surface area (Å²) in [6.07, 6.45) is 0. The zero-order chi connectivity index (χ0) is 14.5. The van der Waals surface area contributed by atoms with Crippen molar-refractivity contribution in [1.29, 1.82) is 0 Å². The van der Waals surface area contributed by atoms with Gasteiger partial charge in [0.05, 0.1) is 5.69 Å². The van der Waals surface area contributed by atoms with Crippen LogP contribution in [0.25, 0.3) is 11.1 Å². The van der Waals surface area contributed by atoms with E-state index in [0.717, 1.165) is 16.2 Å². The number of hydrogen-bond donors (Lipinski definition) is 0. The summed E-state index contributed by atoms with van der Waals surface area (Å²) in [6, 6.07) is 17.1. The Hall–Kier alpha value is -2.62. The fourth-order valence-corrected chi connectivity index (χ4v) is 1.85. The molecule has 0 aliphatic heterocycles. The van der Waals surface area contributed by atoms with E-state index in [1.54, 1.807) is 12.1 Å². The Bertz CT molecular complexity index is 605. The van der Waals surface area contributed by atoms with Gasteiger partial charge in [-0.05, 0) is 23.3 Å². The summed E-state index contributed by atoms with van der Waals surface area (Å²) in [7, 11) is 0. The second kappa shape index (κ2) is 6.02. The van der Waals surface area contributed by atoms with E-state index in [9.17, 15) is 9.59 Å². The number of rotatable bonds is 2. The molecule has 0 spiro atoms. The maximum Gasteiger partial charge on any atom is 0.330 e. The maximum atomic E-state index is 11.5. The first-order chi connectivity index (χ1) is 9.58. The number of nitrogens with zero attached hydrogens (tertiary/aromatic N) is 1. The fraction of sp³-hybridized carbons (Fsp3) is 0.125. The lowest BCUT2D eigenvalue weighted by molar-refractivity contribution is -0.147. The van der Waals surface area contributed by atoms with Gasteiger partial charge in [-0.15, -0.1) is 5.06 Å². The molecule has 2 aromatic rings. The minimum atomic E-state index is -0.535. The van der Waals surface area contributed by atoms with Gasteiger partial charge in [0, 0.05) is 13.8 Å².